The number of rotatable bonds is 4. The first kappa shape index (κ1) is 14.9. The second-order valence-corrected chi connectivity index (χ2v) is 6.17. The van der Waals surface area contributed by atoms with E-state index in [4.69, 9.17) is 4.74 Å². The molecule has 0 saturated carbocycles. The number of methoxy groups -OCH3 is 1. The van der Waals surface area contributed by atoms with Gasteiger partial charge in [-0.25, -0.2) is 0 Å². The topological polar surface area (TPSA) is 55.4 Å². The van der Waals surface area contributed by atoms with Crippen LogP contribution in [0.3, 0.4) is 0 Å². The summed E-state index contributed by atoms with van der Waals surface area (Å²) >= 11 is 1.53. The maximum atomic E-state index is 12.2. The quantitative estimate of drug-likeness (QED) is 0.867. The van der Waals surface area contributed by atoms with Crippen molar-refractivity contribution in [3.05, 3.63) is 29.8 Å². The van der Waals surface area contributed by atoms with Crippen molar-refractivity contribution in [2.75, 3.05) is 18.2 Å². The van der Waals surface area contributed by atoms with Crippen LogP contribution in [-0.2, 0) is 20.7 Å². The highest BCUT2D eigenvalue weighted by atomic mass is 32.2. The Kier molecular flexibility index (Phi) is 5.06. The molecule has 0 radical (unpaired) electrons. The number of para-hydroxylation sites is 1. The molecule has 1 aromatic rings. The number of nitrogens with one attached hydrogen (secondary N) is 1. The van der Waals surface area contributed by atoms with Crippen molar-refractivity contribution in [2.24, 2.45) is 5.92 Å². The summed E-state index contributed by atoms with van der Waals surface area (Å²) in [6.07, 6.45) is 1.67. The van der Waals surface area contributed by atoms with E-state index in [2.05, 4.69) is 5.32 Å². The summed E-state index contributed by atoms with van der Waals surface area (Å²) in [5.41, 5.74) is 2.08. The molecule has 1 aliphatic heterocycles. The molecule has 1 N–H and O–H groups in total. The van der Waals surface area contributed by atoms with E-state index in [9.17, 15) is 9.59 Å². The zero-order chi connectivity index (χ0) is 14.5. The van der Waals surface area contributed by atoms with Crippen molar-refractivity contribution < 1.29 is 14.3 Å². The van der Waals surface area contributed by atoms with Crippen molar-refractivity contribution in [1.82, 2.24) is 0 Å². The van der Waals surface area contributed by atoms with Gasteiger partial charge in [0.25, 0.3) is 0 Å². The summed E-state index contributed by atoms with van der Waals surface area (Å²) in [6.45, 7) is 1.82. The summed E-state index contributed by atoms with van der Waals surface area (Å²) in [7, 11) is 1.39. The molecule has 1 amide bonds. The molecule has 0 aromatic heterocycles. The molecule has 0 aliphatic carbocycles. The number of anilines is 1. The summed E-state index contributed by atoms with van der Waals surface area (Å²) in [5.74, 6) is 0.205. The molecule has 1 aromatic carbocycles. The van der Waals surface area contributed by atoms with Crippen LogP contribution in [-0.4, -0.2) is 30.0 Å². The van der Waals surface area contributed by atoms with Crippen molar-refractivity contribution in [2.45, 2.75) is 25.0 Å². The number of hydrogen-bond acceptors (Lipinski definition) is 4. The highest BCUT2D eigenvalue weighted by Gasteiger charge is 2.25. The zero-order valence-corrected chi connectivity index (χ0v) is 12.5. The first-order valence-corrected chi connectivity index (χ1v) is 7.75. The van der Waals surface area contributed by atoms with Gasteiger partial charge in [-0.1, -0.05) is 25.1 Å². The number of carbonyl (C=O) groups is 2. The van der Waals surface area contributed by atoms with Gasteiger partial charge in [-0.15, -0.1) is 11.8 Å². The van der Waals surface area contributed by atoms with Crippen LogP contribution in [0, 0.1) is 5.92 Å². The lowest BCUT2D eigenvalue weighted by molar-refractivity contribution is -0.144. The third-order valence-corrected chi connectivity index (χ3v) is 4.94. The van der Waals surface area contributed by atoms with E-state index in [0.717, 1.165) is 18.5 Å². The Labute approximate surface area is 123 Å². The van der Waals surface area contributed by atoms with Crippen LogP contribution in [0.2, 0.25) is 0 Å². The first-order valence-electron chi connectivity index (χ1n) is 6.70. The molecule has 4 nitrogen and oxygen atoms in total. The number of ether oxygens (including phenoxy) is 1. The smallest absolute Gasteiger partial charge is 0.309 e. The second-order valence-electron chi connectivity index (χ2n) is 4.93. The van der Waals surface area contributed by atoms with Crippen LogP contribution in [0.5, 0.6) is 0 Å². The number of amides is 1. The van der Waals surface area contributed by atoms with E-state index in [1.165, 1.54) is 24.4 Å². The maximum absolute atomic E-state index is 12.2. The van der Waals surface area contributed by atoms with E-state index >= 15 is 0 Å². The highest BCUT2D eigenvalue weighted by molar-refractivity contribution is 8.00. The van der Waals surface area contributed by atoms with Crippen LogP contribution < -0.4 is 5.32 Å². The number of benzene rings is 1. The molecule has 0 spiro atoms. The van der Waals surface area contributed by atoms with E-state index in [1.54, 1.807) is 0 Å². The largest absolute Gasteiger partial charge is 0.469 e. The lowest BCUT2D eigenvalue weighted by Crippen LogP contribution is -2.25. The molecule has 2 rings (SSSR count). The molecule has 0 saturated heterocycles. The van der Waals surface area contributed by atoms with Crippen molar-refractivity contribution in [3.63, 3.8) is 0 Å². The highest BCUT2D eigenvalue weighted by Crippen LogP contribution is 2.28. The number of esters is 1. The van der Waals surface area contributed by atoms with Gasteiger partial charge in [0.15, 0.2) is 0 Å². The van der Waals surface area contributed by atoms with Crippen molar-refractivity contribution in [3.8, 4) is 0 Å². The number of hydrogen-bond donors (Lipinski definition) is 1. The number of fused-ring (bicyclic) bond motifs is 1. The fraction of sp³-hybridized carbons (Fsp3) is 0.467. The van der Waals surface area contributed by atoms with Crippen LogP contribution in [0.1, 0.15) is 18.9 Å². The molecule has 1 heterocycles. The second kappa shape index (κ2) is 6.79. The average Bonchev–Trinajstić information content (AvgIpc) is 2.62. The standard InChI is InChI=1S/C15H19NO3S/c1-10(15(18)19-2)9-20-13-8-7-11-5-3-4-6-12(11)16-14(13)17/h3-6,10,13H,7-9H2,1-2H3,(H,16,17). The lowest BCUT2D eigenvalue weighted by Gasteiger charge is -2.15. The SMILES string of the molecule is COC(=O)C(C)CSC1CCc2ccccc2NC1=O. The van der Waals surface area contributed by atoms with Gasteiger partial charge < -0.3 is 10.1 Å². The van der Waals surface area contributed by atoms with E-state index in [1.807, 2.05) is 31.2 Å². The minimum atomic E-state index is -0.227. The van der Waals surface area contributed by atoms with Gasteiger partial charge in [0.2, 0.25) is 5.91 Å². The number of thioether (sulfide) groups is 1. The lowest BCUT2D eigenvalue weighted by atomic mass is 10.1. The monoisotopic (exact) mass is 293 g/mol. The first-order chi connectivity index (χ1) is 9.61. The van der Waals surface area contributed by atoms with Gasteiger partial charge in [-0.05, 0) is 24.5 Å². The minimum Gasteiger partial charge on any atom is -0.469 e. The summed E-state index contributed by atoms with van der Waals surface area (Å²) in [6, 6.07) is 7.88. The van der Waals surface area contributed by atoms with Crippen LogP contribution in [0.15, 0.2) is 24.3 Å². The molecule has 2 atom stereocenters. The molecule has 20 heavy (non-hydrogen) atoms. The predicted octanol–water partition coefficient (Wildman–Crippen LogP) is 2.48. The Balaban J connectivity index is 1.95. The van der Waals surface area contributed by atoms with E-state index in [0.29, 0.717) is 5.75 Å². The van der Waals surface area contributed by atoms with E-state index < -0.39 is 0 Å². The summed E-state index contributed by atoms with van der Waals surface area (Å²) in [4.78, 5) is 23.6. The van der Waals surface area contributed by atoms with Crippen molar-refractivity contribution in [1.29, 1.82) is 0 Å². The van der Waals surface area contributed by atoms with Crippen LogP contribution in [0.4, 0.5) is 5.69 Å². The van der Waals surface area contributed by atoms with Gasteiger partial charge in [-0.2, -0.15) is 0 Å². The Morgan fingerprint density at radius 1 is 1.50 bits per heavy atom. The van der Waals surface area contributed by atoms with Gasteiger partial charge in [-0.3, -0.25) is 9.59 Å². The fourth-order valence-electron chi connectivity index (χ4n) is 2.18. The molecular formula is C15H19NO3S. The molecule has 1 aliphatic rings. The van der Waals surface area contributed by atoms with Crippen LogP contribution >= 0.6 is 11.8 Å². The zero-order valence-electron chi connectivity index (χ0n) is 11.7. The fourth-order valence-corrected chi connectivity index (χ4v) is 3.33. The van der Waals surface area contributed by atoms with Gasteiger partial charge in [0.05, 0.1) is 18.3 Å². The summed E-state index contributed by atoms with van der Waals surface area (Å²) < 4.78 is 4.70. The normalized spacial score (nSPS) is 19.5. The molecular weight excluding hydrogens is 274 g/mol. The Bertz CT molecular complexity index is 504. The average molecular weight is 293 g/mol. The molecule has 108 valence electrons. The molecule has 5 heteroatoms. The van der Waals surface area contributed by atoms with Gasteiger partial charge in [0.1, 0.15) is 0 Å². The van der Waals surface area contributed by atoms with Gasteiger partial charge in [0, 0.05) is 11.4 Å². The summed E-state index contributed by atoms with van der Waals surface area (Å²) in [5, 5.41) is 2.85. The maximum Gasteiger partial charge on any atom is 0.309 e. The van der Waals surface area contributed by atoms with E-state index in [-0.39, 0.29) is 23.0 Å². The molecule has 0 bridgehead atoms. The molecule has 2 unspecified atom stereocenters. The van der Waals surface area contributed by atoms with Crippen LogP contribution in [0.25, 0.3) is 0 Å². The Hall–Kier alpha value is -1.49. The Morgan fingerprint density at radius 3 is 3.00 bits per heavy atom. The minimum absolute atomic E-state index is 0.0250. The van der Waals surface area contributed by atoms with Gasteiger partial charge >= 0.3 is 5.97 Å². The Morgan fingerprint density at radius 2 is 2.25 bits per heavy atom. The third kappa shape index (κ3) is 3.54. The number of carbonyl (C=O) groups excluding carboxylic acids is 2. The molecule has 0 fully saturated rings. The third-order valence-electron chi connectivity index (χ3n) is 3.39. The number of aryl methyl sites for hydroxylation is 1. The predicted molar refractivity (Wildman–Crippen MR) is 80.8 cm³/mol. The van der Waals surface area contributed by atoms with Crippen molar-refractivity contribution >= 4 is 29.3 Å².